The number of hydrogen-bond donors (Lipinski definition) is 0. The molecule has 20 heavy (non-hydrogen) atoms. The van der Waals surface area contributed by atoms with Crippen LogP contribution in [0.4, 0.5) is 0 Å². The fraction of sp³-hybridized carbons (Fsp3) is 0.462. The molecular weight excluding hydrogens is 301 g/mol. The number of carbonyl (C=O) groups is 2. The molecule has 1 aliphatic heterocycles. The predicted molar refractivity (Wildman–Crippen MR) is 77.0 cm³/mol. The van der Waals surface area contributed by atoms with Gasteiger partial charge in [-0.05, 0) is 26.0 Å². The van der Waals surface area contributed by atoms with Crippen LogP contribution >= 0.6 is 23.2 Å². The van der Waals surface area contributed by atoms with E-state index in [1.54, 1.807) is 25.8 Å². The van der Waals surface area contributed by atoms with Gasteiger partial charge in [0, 0.05) is 20.1 Å². The number of carbonyl (C=O) groups excluding carboxylic acids is 2. The summed E-state index contributed by atoms with van der Waals surface area (Å²) in [5.74, 6) is -0.501. The lowest BCUT2D eigenvalue weighted by Gasteiger charge is -2.44. The lowest BCUT2D eigenvalue weighted by Crippen LogP contribution is -2.63. The normalized spacial score (nSPS) is 18.4. The van der Waals surface area contributed by atoms with Gasteiger partial charge >= 0.3 is 0 Å². The summed E-state index contributed by atoms with van der Waals surface area (Å²) < 4.78 is 0. The largest absolute Gasteiger partial charge is 0.342 e. The highest BCUT2D eigenvalue weighted by atomic mass is 35.5. The van der Waals surface area contributed by atoms with E-state index in [1.807, 2.05) is 0 Å². The number of rotatable bonds is 1. The predicted octanol–water partition coefficient (Wildman–Crippen LogP) is 2.08. The average Bonchev–Trinajstić information content (AvgIpc) is 2.38. The minimum Gasteiger partial charge on any atom is -0.342 e. The summed E-state index contributed by atoms with van der Waals surface area (Å²) in [5, 5.41) is 0.414. The molecule has 0 radical (unpaired) electrons. The fourth-order valence-corrected chi connectivity index (χ4v) is 2.60. The van der Waals surface area contributed by atoms with E-state index in [-0.39, 0.29) is 27.7 Å². The van der Waals surface area contributed by atoms with Crippen LogP contribution in [0.25, 0.3) is 0 Å². The Balaban J connectivity index is 2.38. The summed E-state index contributed by atoms with van der Waals surface area (Å²) in [7, 11) is 1.72. The molecule has 0 aromatic carbocycles. The summed E-state index contributed by atoms with van der Waals surface area (Å²) in [4.78, 5) is 31.9. The van der Waals surface area contributed by atoms with Gasteiger partial charge in [-0.15, -0.1) is 0 Å². The van der Waals surface area contributed by atoms with Crippen LogP contribution in [0, 0.1) is 0 Å². The third kappa shape index (κ3) is 2.47. The van der Waals surface area contributed by atoms with Crippen molar-refractivity contribution in [2.24, 2.45) is 0 Å². The molecule has 0 aliphatic carbocycles. The molecule has 0 N–H and O–H groups in total. The number of halogens is 2. The maximum atomic E-state index is 12.6. The zero-order chi connectivity index (χ0) is 15.1. The van der Waals surface area contributed by atoms with Gasteiger partial charge in [-0.3, -0.25) is 9.59 Å². The van der Waals surface area contributed by atoms with Gasteiger partial charge in [0.2, 0.25) is 5.91 Å². The molecule has 2 rings (SSSR count). The molecule has 5 nitrogen and oxygen atoms in total. The van der Waals surface area contributed by atoms with Gasteiger partial charge in [0.15, 0.2) is 0 Å². The standard InChI is InChI=1S/C13H15Cl2N3O2/c1-13(2)12(20)17(3)6-7-18(13)11(19)10-8(14)4-5-9(15)16-10/h4-5H,6-7H2,1-3H3. The number of amides is 2. The average molecular weight is 316 g/mol. The molecule has 1 aromatic heterocycles. The first-order valence-corrected chi connectivity index (χ1v) is 6.90. The lowest BCUT2D eigenvalue weighted by molar-refractivity contribution is -0.144. The zero-order valence-electron chi connectivity index (χ0n) is 11.5. The molecule has 2 amide bonds. The van der Waals surface area contributed by atoms with E-state index in [9.17, 15) is 9.59 Å². The molecule has 1 aromatic rings. The number of piperazine rings is 1. The molecule has 1 saturated heterocycles. The molecule has 0 spiro atoms. The second-order valence-corrected chi connectivity index (χ2v) is 6.00. The third-order valence-electron chi connectivity index (χ3n) is 3.46. The Morgan fingerprint density at radius 1 is 1.30 bits per heavy atom. The summed E-state index contributed by atoms with van der Waals surface area (Å²) in [6.07, 6.45) is 0. The highest BCUT2D eigenvalue weighted by molar-refractivity contribution is 6.34. The van der Waals surface area contributed by atoms with E-state index in [0.29, 0.717) is 13.1 Å². The minimum atomic E-state index is -0.933. The summed E-state index contributed by atoms with van der Waals surface area (Å²) in [6.45, 7) is 4.33. The molecule has 0 unspecified atom stereocenters. The maximum Gasteiger partial charge on any atom is 0.275 e. The van der Waals surface area contributed by atoms with Crippen LogP contribution in [0.3, 0.4) is 0 Å². The Morgan fingerprint density at radius 2 is 1.95 bits per heavy atom. The number of hydrogen-bond acceptors (Lipinski definition) is 3. The van der Waals surface area contributed by atoms with Crippen LogP contribution in [-0.4, -0.2) is 52.3 Å². The molecule has 1 aliphatic rings. The van der Waals surface area contributed by atoms with Crippen molar-refractivity contribution in [1.82, 2.24) is 14.8 Å². The second-order valence-electron chi connectivity index (χ2n) is 5.21. The number of pyridine rings is 1. The Morgan fingerprint density at radius 3 is 2.60 bits per heavy atom. The first-order chi connectivity index (χ1) is 9.25. The van der Waals surface area contributed by atoms with Gasteiger partial charge < -0.3 is 9.80 Å². The van der Waals surface area contributed by atoms with E-state index in [4.69, 9.17) is 23.2 Å². The van der Waals surface area contributed by atoms with Crippen molar-refractivity contribution >= 4 is 35.0 Å². The molecule has 2 heterocycles. The highest BCUT2D eigenvalue weighted by Gasteiger charge is 2.43. The van der Waals surface area contributed by atoms with Crippen molar-refractivity contribution in [2.45, 2.75) is 19.4 Å². The van der Waals surface area contributed by atoms with Gasteiger partial charge in [0.1, 0.15) is 16.4 Å². The molecule has 0 saturated carbocycles. The second kappa shape index (κ2) is 5.22. The van der Waals surface area contributed by atoms with E-state index in [0.717, 1.165) is 0 Å². The summed E-state index contributed by atoms with van der Waals surface area (Å²) >= 11 is 11.8. The Bertz CT molecular complexity index is 575. The van der Waals surface area contributed by atoms with Crippen molar-refractivity contribution in [2.75, 3.05) is 20.1 Å². The van der Waals surface area contributed by atoms with E-state index < -0.39 is 5.54 Å². The number of likely N-dealkylation sites (N-methyl/N-ethyl adjacent to an activating group) is 1. The van der Waals surface area contributed by atoms with Gasteiger partial charge in [-0.2, -0.15) is 0 Å². The topological polar surface area (TPSA) is 53.5 Å². The van der Waals surface area contributed by atoms with Crippen LogP contribution in [-0.2, 0) is 4.79 Å². The fourth-order valence-electron chi connectivity index (χ4n) is 2.27. The van der Waals surface area contributed by atoms with Crippen molar-refractivity contribution in [1.29, 1.82) is 0 Å². The van der Waals surface area contributed by atoms with E-state index >= 15 is 0 Å². The summed E-state index contributed by atoms with van der Waals surface area (Å²) in [6, 6.07) is 3.04. The highest BCUT2D eigenvalue weighted by Crippen LogP contribution is 2.26. The van der Waals surface area contributed by atoms with Gasteiger partial charge in [0.25, 0.3) is 5.91 Å². The smallest absolute Gasteiger partial charge is 0.275 e. The van der Waals surface area contributed by atoms with Crippen LogP contribution < -0.4 is 0 Å². The first kappa shape index (κ1) is 15.1. The SMILES string of the molecule is CN1CCN(C(=O)c2nc(Cl)ccc2Cl)C(C)(C)C1=O. The van der Waals surface area contributed by atoms with E-state index in [1.165, 1.54) is 17.0 Å². The molecule has 108 valence electrons. The Hall–Kier alpha value is -1.33. The number of aromatic nitrogens is 1. The molecule has 1 fully saturated rings. The zero-order valence-corrected chi connectivity index (χ0v) is 13.0. The monoisotopic (exact) mass is 315 g/mol. The van der Waals surface area contributed by atoms with Crippen molar-refractivity contribution in [3.05, 3.63) is 28.0 Å². The minimum absolute atomic E-state index is 0.0737. The lowest BCUT2D eigenvalue weighted by atomic mass is 9.97. The number of nitrogens with zero attached hydrogens (tertiary/aromatic N) is 3. The van der Waals surface area contributed by atoms with Crippen molar-refractivity contribution in [3.63, 3.8) is 0 Å². The molecule has 7 heteroatoms. The van der Waals surface area contributed by atoms with Crippen molar-refractivity contribution < 1.29 is 9.59 Å². The van der Waals surface area contributed by atoms with Crippen LogP contribution in [0.5, 0.6) is 0 Å². The van der Waals surface area contributed by atoms with Crippen LogP contribution in [0.15, 0.2) is 12.1 Å². The third-order valence-corrected chi connectivity index (χ3v) is 3.98. The van der Waals surface area contributed by atoms with Gasteiger partial charge in [-0.25, -0.2) is 4.98 Å². The quantitative estimate of drug-likeness (QED) is 0.746. The van der Waals surface area contributed by atoms with Crippen LogP contribution in [0.1, 0.15) is 24.3 Å². The maximum absolute atomic E-state index is 12.6. The Labute approximate surface area is 127 Å². The molecular formula is C13H15Cl2N3O2. The Kier molecular flexibility index (Phi) is 3.93. The van der Waals surface area contributed by atoms with Gasteiger partial charge in [0.05, 0.1) is 5.02 Å². The van der Waals surface area contributed by atoms with E-state index in [2.05, 4.69) is 4.98 Å². The van der Waals surface area contributed by atoms with Crippen LogP contribution in [0.2, 0.25) is 10.2 Å². The van der Waals surface area contributed by atoms with Crippen molar-refractivity contribution in [3.8, 4) is 0 Å². The molecule has 0 atom stereocenters. The van der Waals surface area contributed by atoms with Gasteiger partial charge in [-0.1, -0.05) is 23.2 Å². The first-order valence-electron chi connectivity index (χ1n) is 6.14. The molecule has 0 bridgehead atoms. The summed E-state index contributed by atoms with van der Waals surface area (Å²) in [5.41, 5.74) is -0.859.